The van der Waals surface area contributed by atoms with Crippen molar-refractivity contribution in [3.05, 3.63) is 71.8 Å². The van der Waals surface area contributed by atoms with Crippen LogP contribution in [0.25, 0.3) is 0 Å². The number of fused-ring (bicyclic) bond motifs is 1. The third kappa shape index (κ3) is 7.85. The quantitative estimate of drug-likeness (QED) is 0.640. The van der Waals surface area contributed by atoms with Gasteiger partial charge in [-0.15, -0.1) is 0 Å². The number of benzene rings is 2. The van der Waals surface area contributed by atoms with E-state index in [0.717, 1.165) is 6.54 Å². The molecule has 0 saturated carbocycles. The van der Waals surface area contributed by atoms with Crippen LogP contribution in [0.1, 0.15) is 59.6 Å². The molecule has 3 rings (SSSR count). The Balaban J connectivity index is 0.000000463. The van der Waals surface area contributed by atoms with Crippen LogP contribution in [0.4, 0.5) is 0 Å². The van der Waals surface area contributed by atoms with E-state index >= 15 is 0 Å². The zero-order valence-corrected chi connectivity index (χ0v) is 19.3. The molecule has 0 saturated heterocycles. The van der Waals surface area contributed by atoms with Crippen molar-refractivity contribution in [2.24, 2.45) is 0 Å². The van der Waals surface area contributed by atoms with Gasteiger partial charge in [0.1, 0.15) is 0 Å². The summed E-state index contributed by atoms with van der Waals surface area (Å²) >= 11 is 0. The lowest BCUT2D eigenvalue weighted by Gasteiger charge is -2.48. The molecule has 3 nitrogen and oxygen atoms in total. The number of hydrogen-bond acceptors (Lipinski definition) is 2. The van der Waals surface area contributed by atoms with E-state index in [-0.39, 0.29) is 16.9 Å². The Morgan fingerprint density at radius 3 is 1.57 bits per heavy atom. The maximum Gasteiger partial charge on any atom is 0.216 e. The second-order valence-electron chi connectivity index (χ2n) is 7.81. The first-order valence-corrected chi connectivity index (χ1v) is 10.1. The van der Waals surface area contributed by atoms with E-state index < -0.39 is 0 Å². The summed E-state index contributed by atoms with van der Waals surface area (Å²) in [6.45, 7) is 15.9. The molecule has 3 heteroatoms. The van der Waals surface area contributed by atoms with Crippen molar-refractivity contribution in [2.75, 3.05) is 20.6 Å². The van der Waals surface area contributed by atoms with Crippen LogP contribution in [0.3, 0.4) is 0 Å². The molecule has 28 heavy (non-hydrogen) atoms. The van der Waals surface area contributed by atoms with Gasteiger partial charge in [-0.25, -0.2) is 0 Å². The molecular formula is C25H40N2O. The van der Waals surface area contributed by atoms with Crippen molar-refractivity contribution < 1.29 is 4.79 Å². The average molecular weight is 385 g/mol. The first-order chi connectivity index (χ1) is 13.1. The molecular weight excluding hydrogens is 344 g/mol. The number of rotatable bonds is 0. The molecule has 0 bridgehead atoms. The highest BCUT2D eigenvalue weighted by atomic mass is 16.1. The molecule has 2 aromatic carbocycles. The zero-order valence-electron chi connectivity index (χ0n) is 19.3. The predicted octanol–water partition coefficient (Wildman–Crippen LogP) is 5.61. The molecule has 0 radical (unpaired) electrons. The molecule has 0 spiro atoms. The van der Waals surface area contributed by atoms with Gasteiger partial charge in [0.15, 0.2) is 0 Å². The SMILES string of the molecule is CC.CN1CC(C)(C)c2ccccc2C1(C)C.CNC(C)=O.c1ccccc1. The number of carbonyl (C=O) groups excluding carboxylic acids is 1. The molecule has 156 valence electrons. The Morgan fingerprint density at radius 2 is 1.21 bits per heavy atom. The molecule has 1 aliphatic rings. The van der Waals surface area contributed by atoms with Gasteiger partial charge in [0.2, 0.25) is 5.91 Å². The number of carbonyl (C=O) groups is 1. The Hall–Kier alpha value is -2.13. The van der Waals surface area contributed by atoms with E-state index in [9.17, 15) is 4.79 Å². The van der Waals surface area contributed by atoms with Crippen LogP contribution in [0.5, 0.6) is 0 Å². The molecule has 0 unspecified atom stereocenters. The molecule has 1 heterocycles. The first kappa shape index (κ1) is 25.9. The fraction of sp³-hybridized carbons (Fsp3) is 0.480. The van der Waals surface area contributed by atoms with Crippen LogP contribution in [0.15, 0.2) is 60.7 Å². The van der Waals surface area contributed by atoms with Crippen LogP contribution in [-0.4, -0.2) is 31.4 Å². The van der Waals surface area contributed by atoms with E-state index in [1.54, 1.807) is 7.05 Å². The number of likely N-dealkylation sites (N-methyl/N-ethyl adjacent to an activating group) is 1. The molecule has 2 aromatic rings. The van der Waals surface area contributed by atoms with Gasteiger partial charge >= 0.3 is 0 Å². The van der Waals surface area contributed by atoms with Gasteiger partial charge < -0.3 is 5.32 Å². The summed E-state index contributed by atoms with van der Waals surface area (Å²) in [5.41, 5.74) is 3.41. The second kappa shape index (κ2) is 12.4. The van der Waals surface area contributed by atoms with Gasteiger partial charge in [-0.1, -0.05) is 88.4 Å². The van der Waals surface area contributed by atoms with Crippen LogP contribution >= 0.6 is 0 Å². The average Bonchev–Trinajstić information content (AvgIpc) is 2.70. The number of hydrogen-bond donors (Lipinski definition) is 1. The molecule has 0 atom stereocenters. The summed E-state index contributed by atoms with van der Waals surface area (Å²) in [5, 5.41) is 2.39. The van der Waals surface area contributed by atoms with Crippen molar-refractivity contribution in [1.29, 1.82) is 0 Å². The Kier molecular flexibility index (Phi) is 11.4. The monoisotopic (exact) mass is 384 g/mol. The summed E-state index contributed by atoms with van der Waals surface area (Å²) < 4.78 is 0. The minimum absolute atomic E-state index is 0.00463. The lowest BCUT2D eigenvalue weighted by Crippen LogP contribution is -2.51. The molecule has 1 aliphatic heterocycles. The first-order valence-electron chi connectivity index (χ1n) is 10.1. The number of nitrogens with one attached hydrogen (secondary N) is 1. The summed E-state index contributed by atoms with van der Waals surface area (Å²) in [6.07, 6.45) is 0. The van der Waals surface area contributed by atoms with Crippen molar-refractivity contribution in [2.45, 2.75) is 59.4 Å². The van der Waals surface area contributed by atoms with E-state index in [1.165, 1.54) is 18.1 Å². The van der Waals surface area contributed by atoms with Gasteiger partial charge in [0.25, 0.3) is 0 Å². The third-order valence-corrected chi connectivity index (χ3v) is 4.92. The van der Waals surface area contributed by atoms with Gasteiger partial charge in [0, 0.05) is 31.5 Å². The summed E-state index contributed by atoms with van der Waals surface area (Å²) in [7, 11) is 3.82. The zero-order chi connectivity index (χ0) is 21.8. The standard InChI is InChI=1S/C14H21N.C6H6.C3H7NO.C2H6/c1-13(2)10-15(5)14(3,4)12-9-7-6-8-11(12)13;1-2-4-6-5-3-1;1-3(5)4-2;1-2/h6-9H,10H2,1-5H3;1-6H;1-2H3,(H,4,5);1-2H3. The summed E-state index contributed by atoms with van der Waals surface area (Å²) in [4.78, 5) is 12.2. The van der Waals surface area contributed by atoms with Crippen LogP contribution in [-0.2, 0) is 15.7 Å². The normalized spacial score (nSPS) is 15.8. The number of nitrogens with zero attached hydrogens (tertiary/aromatic N) is 1. The van der Waals surface area contributed by atoms with Gasteiger partial charge in [0.05, 0.1) is 0 Å². The minimum atomic E-state index is 0.00463. The smallest absolute Gasteiger partial charge is 0.216 e. The molecule has 0 fully saturated rings. The Morgan fingerprint density at radius 1 is 0.857 bits per heavy atom. The van der Waals surface area contributed by atoms with E-state index in [2.05, 4.69) is 69.2 Å². The van der Waals surface area contributed by atoms with Crippen molar-refractivity contribution >= 4 is 5.91 Å². The second-order valence-corrected chi connectivity index (χ2v) is 7.81. The van der Waals surface area contributed by atoms with Crippen LogP contribution < -0.4 is 5.32 Å². The lowest BCUT2D eigenvalue weighted by molar-refractivity contribution is -0.118. The maximum atomic E-state index is 9.70. The minimum Gasteiger partial charge on any atom is -0.359 e. The Bertz CT molecular complexity index is 651. The molecule has 0 aliphatic carbocycles. The predicted molar refractivity (Wildman–Crippen MR) is 123 cm³/mol. The van der Waals surface area contributed by atoms with Crippen LogP contribution in [0, 0.1) is 0 Å². The van der Waals surface area contributed by atoms with Crippen molar-refractivity contribution in [3.8, 4) is 0 Å². The highest BCUT2D eigenvalue weighted by Crippen LogP contribution is 2.41. The highest BCUT2D eigenvalue weighted by molar-refractivity contribution is 5.72. The lowest BCUT2D eigenvalue weighted by atomic mass is 9.72. The third-order valence-electron chi connectivity index (χ3n) is 4.92. The largest absolute Gasteiger partial charge is 0.359 e. The van der Waals surface area contributed by atoms with E-state index in [0.29, 0.717) is 0 Å². The van der Waals surface area contributed by atoms with Gasteiger partial charge in [-0.2, -0.15) is 0 Å². The fourth-order valence-electron chi connectivity index (χ4n) is 3.07. The summed E-state index contributed by atoms with van der Waals surface area (Å²) in [5.74, 6) is 0.00463. The van der Waals surface area contributed by atoms with Gasteiger partial charge in [-0.3, -0.25) is 9.69 Å². The number of amides is 1. The van der Waals surface area contributed by atoms with E-state index in [4.69, 9.17) is 0 Å². The fourth-order valence-corrected chi connectivity index (χ4v) is 3.07. The van der Waals surface area contributed by atoms with Crippen LogP contribution in [0.2, 0.25) is 0 Å². The Labute approximate surface area is 173 Å². The maximum absolute atomic E-state index is 9.70. The highest BCUT2D eigenvalue weighted by Gasteiger charge is 2.40. The van der Waals surface area contributed by atoms with Gasteiger partial charge in [-0.05, 0) is 32.0 Å². The molecule has 0 aromatic heterocycles. The van der Waals surface area contributed by atoms with Crippen molar-refractivity contribution in [1.82, 2.24) is 10.2 Å². The summed E-state index contributed by atoms with van der Waals surface area (Å²) in [6, 6.07) is 20.9. The van der Waals surface area contributed by atoms with E-state index in [1.807, 2.05) is 50.2 Å². The van der Waals surface area contributed by atoms with Crippen molar-refractivity contribution in [3.63, 3.8) is 0 Å². The molecule has 1 amide bonds. The topological polar surface area (TPSA) is 32.3 Å². The molecule has 1 N–H and O–H groups in total.